The molecule has 1 fully saturated rings. The van der Waals surface area contributed by atoms with Gasteiger partial charge in [-0.1, -0.05) is 17.7 Å². The number of halogens is 2. The maximum atomic E-state index is 13.5. The number of benzene rings is 2. The molecule has 0 atom stereocenters. The molecule has 4 rings (SSSR count). The highest BCUT2D eigenvalue weighted by Crippen LogP contribution is 2.36. The number of amides is 1. The van der Waals surface area contributed by atoms with Crippen molar-refractivity contribution < 1.29 is 17.6 Å². The average molecular weight is 468 g/mol. The molecule has 2 aromatic carbocycles. The lowest BCUT2D eigenvalue weighted by molar-refractivity contribution is 0.103. The number of piperazine rings is 1. The van der Waals surface area contributed by atoms with Crippen molar-refractivity contribution in [1.82, 2.24) is 9.21 Å². The van der Waals surface area contributed by atoms with Gasteiger partial charge < -0.3 is 10.2 Å². The smallest absolute Gasteiger partial charge is 0.267 e. The van der Waals surface area contributed by atoms with Gasteiger partial charge in [-0.2, -0.15) is 4.31 Å². The van der Waals surface area contributed by atoms with E-state index in [4.69, 9.17) is 11.6 Å². The molecule has 0 radical (unpaired) electrons. The van der Waals surface area contributed by atoms with Gasteiger partial charge in [0.15, 0.2) is 0 Å². The van der Waals surface area contributed by atoms with Crippen LogP contribution in [0.1, 0.15) is 9.67 Å². The highest BCUT2D eigenvalue weighted by Gasteiger charge is 2.28. The first kappa shape index (κ1) is 21.2. The number of thiophene rings is 1. The lowest BCUT2D eigenvalue weighted by Crippen LogP contribution is -2.47. The van der Waals surface area contributed by atoms with Crippen LogP contribution in [0, 0.1) is 5.82 Å². The Balaban J connectivity index is 1.57. The molecule has 0 unspecified atom stereocenters. The van der Waals surface area contributed by atoms with E-state index in [0.717, 1.165) is 11.3 Å². The van der Waals surface area contributed by atoms with Gasteiger partial charge in [0, 0.05) is 42.0 Å². The topological polar surface area (TPSA) is 69.7 Å². The summed E-state index contributed by atoms with van der Waals surface area (Å²) in [7, 11) is -1.70. The Labute approximate surface area is 182 Å². The van der Waals surface area contributed by atoms with Gasteiger partial charge in [0.05, 0.1) is 9.92 Å². The molecule has 10 heteroatoms. The second kappa shape index (κ2) is 8.24. The van der Waals surface area contributed by atoms with Crippen LogP contribution in [0.4, 0.5) is 10.1 Å². The minimum absolute atomic E-state index is 0.120. The summed E-state index contributed by atoms with van der Waals surface area (Å²) in [6.07, 6.45) is 0. The maximum Gasteiger partial charge on any atom is 0.267 e. The number of anilines is 1. The number of hydrogen-bond acceptors (Lipinski definition) is 5. The molecule has 1 aliphatic heterocycles. The molecule has 6 nitrogen and oxygen atoms in total. The Kier molecular flexibility index (Phi) is 5.82. The van der Waals surface area contributed by atoms with E-state index < -0.39 is 21.7 Å². The third-order valence-electron chi connectivity index (χ3n) is 4.99. The van der Waals surface area contributed by atoms with Crippen LogP contribution in [0.5, 0.6) is 0 Å². The minimum atomic E-state index is -3.65. The largest absolute Gasteiger partial charge is 0.321 e. The predicted molar refractivity (Wildman–Crippen MR) is 117 cm³/mol. The van der Waals surface area contributed by atoms with Crippen LogP contribution >= 0.6 is 22.9 Å². The van der Waals surface area contributed by atoms with Gasteiger partial charge in [0.1, 0.15) is 10.7 Å². The van der Waals surface area contributed by atoms with Crippen LogP contribution in [-0.4, -0.2) is 56.8 Å². The normalized spacial score (nSPS) is 16.1. The van der Waals surface area contributed by atoms with Crippen molar-refractivity contribution in [2.24, 2.45) is 0 Å². The Bertz CT molecular complexity index is 1220. The number of fused-ring (bicyclic) bond motifs is 1. The fourth-order valence-corrected chi connectivity index (χ4v) is 6.19. The Morgan fingerprint density at radius 1 is 1.13 bits per heavy atom. The first-order valence-electron chi connectivity index (χ1n) is 9.23. The van der Waals surface area contributed by atoms with E-state index >= 15 is 0 Å². The van der Waals surface area contributed by atoms with Crippen molar-refractivity contribution in [3.05, 3.63) is 58.2 Å². The zero-order valence-corrected chi connectivity index (χ0v) is 18.5. The molecule has 3 aromatic rings. The minimum Gasteiger partial charge on any atom is -0.321 e. The van der Waals surface area contributed by atoms with Gasteiger partial charge >= 0.3 is 0 Å². The van der Waals surface area contributed by atoms with E-state index in [9.17, 15) is 17.6 Å². The number of nitrogens with zero attached hydrogens (tertiary/aromatic N) is 2. The second-order valence-electron chi connectivity index (χ2n) is 7.07. The van der Waals surface area contributed by atoms with Crippen LogP contribution in [0.3, 0.4) is 0 Å². The highest BCUT2D eigenvalue weighted by atomic mass is 35.5. The summed E-state index contributed by atoms with van der Waals surface area (Å²) in [4.78, 5) is 15.2. The zero-order valence-electron chi connectivity index (χ0n) is 16.1. The molecule has 1 N–H and O–H groups in total. The van der Waals surface area contributed by atoms with E-state index in [1.54, 1.807) is 12.1 Å². The molecular weight excluding hydrogens is 449 g/mol. The lowest BCUT2D eigenvalue weighted by Gasteiger charge is -2.31. The summed E-state index contributed by atoms with van der Waals surface area (Å²) < 4.78 is 41.4. The quantitative estimate of drug-likeness (QED) is 0.632. The first-order chi connectivity index (χ1) is 14.3. The lowest BCUT2D eigenvalue weighted by atomic mass is 10.2. The SMILES string of the molecule is CN1CCN(S(=O)(=O)c2cccc(NC(=O)c3sc4cc(F)ccc4c3Cl)c2)CC1. The third kappa shape index (κ3) is 4.08. The van der Waals surface area contributed by atoms with Gasteiger partial charge in [-0.3, -0.25) is 4.79 Å². The summed E-state index contributed by atoms with van der Waals surface area (Å²) in [5, 5.41) is 3.54. The van der Waals surface area contributed by atoms with Crippen LogP contribution in [-0.2, 0) is 10.0 Å². The number of sulfonamides is 1. The van der Waals surface area contributed by atoms with Crippen LogP contribution in [0.2, 0.25) is 5.02 Å². The van der Waals surface area contributed by atoms with Crippen molar-refractivity contribution in [3.63, 3.8) is 0 Å². The first-order valence-corrected chi connectivity index (χ1v) is 11.9. The van der Waals surface area contributed by atoms with Gasteiger partial charge in [-0.05, 0) is 43.4 Å². The van der Waals surface area contributed by atoms with Crippen molar-refractivity contribution in [2.75, 3.05) is 38.5 Å². The highest BCUT2D eigenvalue weighted by molar-refractivity contribution is 7.89. The summed E-state index contributed by atoms with van der Waals surface area (Å²) in [6.45, 7) is 2.17. The number of likely N-dealkylation sites (N-methyl/N-ethyl adjacent to an activating group) is 1. The molecule has 0 saturated carbocycles. The fourth-order valence-electron chi connectivity index (χ4n) is 3.28. The monoisotopic (exact) mass is 467 g/mol. The van der Waals surface area contributed by atoms with E-state index in [1.165, 1.54) is 34.6 Å². The van der Waals surface area contributed by atoms with Gasteiger partial charge in [-0.15, -0.1) is 11.3 Å². The Morgan fingerprint density at radius 3 is 2.60 bits per heavy atom. The molecule has 1 amide bonds. The Hall–Kier alpha value is -2.04. The van der Waals surface area contributed by atoms with Crippen LogP contribution in [0.15, 0.2) is 47.4 Å². The second-order valence-corrected chi connectivity index (χ2v) is 10.4. The number of carbonyl (C=O) groups is 1. The van der Waals surface area contributed by atoms with Gasteiger partial charge in [-0.25, -0.2) is 12.8 Å². The molecule has 0 spiro atoms. The van der Waals surface area contributed by atoms with Gasteiger partial charge in [0.25, 0.3) is 5.91 Å². The summed E-state index contributed by atoms with van der Waals surface area (Å²) in [5.74, 6) is -0.884. The molecule has 1 aromatic heterocycles. The van der Waals surface area contributed by atoms with Crippen LogP contribution < -0.4 is 5.32 Å². The molecule has 30 heavy (non-hydrogen) atoms. The van der Waals surface area contributed by atoms with E-state index in [1.807, 2.05) is 7.05 Å². The summed E-state index contributed by atoms with van der Waals surface area (Å²) >= 11 is 7.39. The standard InChI is InChI=1S/C20H19ClFN3O3S2/c1-24-7-9-25(10-8-24)30(27,28)15-4-2-3-14(12-15)23-20(26)19-18(21)16-6-5-13(22)11-17(16)29-19/h2-6,11-12H,7-10H2,1H3,(H,23,26). The zero-order chi connectivity index (χ0) is 21.5. The molecule has 0 bridgehead atoms. The summed E-state index contributed by atoms with van der Waals surface area (Å²) in [5.41, 5.74) is 0.343. The third-order valence-corrected chi connectivity index (χ3v) is 8.54. The predicted octanol–water partition coefficient (Wildman–Crippen LogP) is 3.88. The van der Waals surface area contributed by atoms with Crippen LogP contribution in [0.25, 0.3) is 10.1 Å². The number of carbonyl (C=O) groups excluding carboxylic acids is 1. The number of rotatable bonds is 4. The van der Waals surface area contributed by atoms with Crippen molar-refractivity contribution in [3.8, 4) is 0 Å². The van der Waals surface area contributed by atoms with Crippen molar-refractivity contribution >= 4 is 54.6 Å². The number of hydrogen-bond donors (Lipinski definition) is 1. The fraction of sp³-hybridized carbons (Fsp3) is 0.250. The van der Waals surface area contributed by atoms with Crippen molar-refractivity contribution in [1.29, 1.82) is 0 Å². The Morgan fingerprint density at radius 2 is 1.87 bits per heavy atom. The molecule has 158 valence electrons. The molecule has 1 aliphatic rings. The van der Waals surface area contributed by atoms with E-state index in [-0.39, 0.29) is 14.8 Å². The van der Waals surface area contributed by atoms with Crippen molar-refractivity contribution in [2.45, 2.75) is 4.90 Å². The maximum absolute atomic E-state index is 13.5. The molecule has 0 aliphatic carbocycles. The summed E-state index contributed by atoms with van der Waals surface area (Å²) in [6, 6.07) is 10.3. The van der Waals surface area contributed by atoms with Gasteiger partial charge in [0.2, 0.25) is 10.0 Å². The van der Waals surface area contributed by atoms with E-state index in [0.29, 0.717) is 42.0 Å². The molecule has 1 saturated heterocycles. The van der Waals surface area contributed by atoms with E-state index in [2.05, 4.69) is 10.2 Å². The average Bonchev–Trinajstić information content (AvgIpc) is 3.04. The molecular formula is C20H19ClFN3O3S2. The number of nitrogens with one attached hydrogen (secondary N) is 1. The molecule has 2 heterocycles.